The summed E-state index contributed by atoms with van der Waals surface area (Å²) in [6.07, 6.45) is 3.08. The summed E-state index contributed by atoms with van der Waals surface area (Å²) >= 11 is 6.25. The molecule has 0 bridgehead atoms. The molecule has 0 amide bonds. The largest absolute Gasteiger partial charge is 0.485 e. The van der Waals surface area contributed by atoms with Gasteiger partial charge >= 0.3 is 5.97 Å². The van der Waals surface area contributed by atoms with Gasteiger partial charge < -0.3 is 14.5 Å². The first-order valence-corrected chi connectivity index (χ1v) is 8.11. The number of benzene rings is 2. The summed E-state index contributed by atoms with van der Waals surface area (Å²) in [5.41, 5.74) is 1.98. The highest BCUT2D eigenvalue weighted by Crippen LogP contribution is 2.34. The molecule has 1 atom stereocenters. The summed E-state index contributed by atoms with van der Waals surface area (Å²) in [5, 5.41) is 0.640. The number of nitrogens with zero attached hydrogens (tertiary/aromatic N) is 1. The van der Waals surface area contributed by atoms with E-state index in [-0.39, 0.29) is 6.10 Å². The second-order valence-corrected chi connectivity index (χ2v) is 5.83. The molecule has 0 aliphatic carbocycles. The van der Waals surface area contributed by atoms with Crippen LogP contribution in [0.3, 0.4) is 0 Å². The maximum atomic E-state index is 11.8. The third-order valence-corrected chi connectivity index (χ3v) is 4.15. The summed E-state index contributed by atoms with van der Waals surface area (Å²) in [5.74, 6) is 0.778. The average Bonchev–Trinajstić information content (AvgIpc) is 3.16. The van der Waals surface area contributed by atoms with Crippen molar-refractivity contribution < 1.29 is 14.3 Å². The Bertz CT molecular complexity index is 878. The number of ether oxygens (including phenoxy) is 2. The Morgan fingerprint density at radius 2 is 2.04 bits per heavy atom. The van der Waals surface area contributed by atoms with Crippen LogP contribution in [-0.2, 0) is 4.74 Å². The molecule has 0 radical (unpaired) electrons. The molecule has 1 N–H and O–H groups in total. The maximum Gasteiger partial charge on any atom is 0.337 e. The Morgan fingerprint density at radius 3 is 2.72 bits per heavy atom. The number of hydrogen-bond donors (Lipinski definition) is 1. The van der Waals surface area contributed by atoms with Crippen LogP contribution in [0.25, 0.3) is 11.4 Å². The average molecular weight is 357 g/mol. The van der Waals surface area contributed by atoms with Gasteiger partial charge in [-0.1, -0.05) is 29.8 Å². The first-order chi connectivity index (χ1) is 12.1. The Morgan fingerprint density at radius 1 is 1.24 bits per heavy atom. The van der Waals surface area contributed by atoms with E-state index in [4.69, 9.17) is 21.1 Å². The molecule has 1 heterocycles. The Hall–Kier alpha value is -2.79. The molecule has 0 spiro atoms. The quantitative estimate of drug-likeness (QED) is 0.675. The molecule has 6 heteroatoms. The molecule has 5 nitrogen and oxygen atoms in total. The number of H-pyrrole nitrogens is 1. The molecule has 3 rings (SSSR count). The van der Waals surface area contributed by atoms with Gasteiger partial charge in [-0.2, -0.15) is 0 Å². The molecule has 0 aliphatic heterocycles. The van der Waals surface area contributed by atoms with E-state index in [9.17, 15) is 4.79 Å². The molecule has 0 aliphatic rings. The lowest BCUT2D eigenvalue weighted by atomic mass is 10.1. The van der Waals surface area contributed by atoms with Gasteiger partial charge in [-0.25, -0.2) is 9.78 Å². The minimum Gasteiger partial charge on any atom is -0.485 e. The van der Waals surface area contributed by atoms with Crippen LogP contribution in [0.2, 0.25) is 5.02 Å². The van der Waals surface area contributed by atoms with Crippen LogP contribution < -0.4 is 4.74 Å². The predicted octanol–water partition coefficient (Wildman–Crippen LogP) is 4.66. The predicted molar refractivity (Wildman–Crippen MR) is 95.9 cm³/mol. The second-order valence-electron chi connectivity index (χ2n) is 5.42. The summed E-state index contributed by atoms with van der Waals surface area (Å²) in [4.78, 5) is 19.1. The van der Waals surface area contributed by atoms with Crippen molar-refractivity contribution in [3.05, 3.63) is 71.0 Å². The zero-order valence-electron chi connectivity index (χ0n) is 13.8. The van der Waals surface area contributed by atoms with Crippen LogP contribution in [-0.4, -0.2) is 23.0 Å². The molecular weight excluding hydrogens is 340 g/mol. The Kier molecular flexibility index (Phi) is 5.05. The minimum absolute atomic E-state index is 0.272. The lowest BCUT2D eigenvalue weighted by Gasteiger charge is -2.18. The van der Waals surface area contributed by atoms with E-state index in [1.165, 1.54) is 7.11 Å². The number of methoxy groups -OCH3 is 1. The van der Waals surface area contributed by atoms with Gasteiger partial charge in [0.25, 0.3) is 0 Å². The third-order valence-electron chi connectivity index (χ3n) is 3.80. The first-order valence-electron chi connectivity index (χ1n) is 7.73. The molecule has 128 valence electrons. The number of carbonyl (C=O) groups is 1. The fourth-order valence-corrected chi connectivity index (χ4v) is 2.82. The lowest BCUT2D eigenvalue weighted by molar-refractivity contribution is 0.0600. The molecule has 0 saturated heterocycles. The van der Waals surface area contributed by atoms with E-state index < -0.39 is 5.97 Å². The van der Waals surface area contributed by atoms with Gasteiger partial charge in [0.1, 0.15) is 17.7 Å². The van der Waals surface area contributed by atoms with E-state index in [2.05, 4.69) is 9.97 Å². The van der Waals surface area contributed by atoms with Crippen molar-refractivity contribution >= 4 is 17.6 Å². The highest BCUT2D eigenvalue weighted by molar-refractivity contribution is 6.31. The van der Waals surface area contributed by atoms with Crippen LogP contribution in [0.5, 0.6) is 5.75 Å². The molecule has 3 aromatic rings. The van der Waals surface area contributed by atoms with Crippen LogP contribution in [0, 0.1) is 0 Å². The number of aromatic nitrogens is 2. The van der Waals surface area contributed by atoms with Gasteiger partial charge in [0.2, 0.25) is 0 Å². The summed E-state index contributed by atoms with van der Waals surface area (Å²) in [6, 6.07) is 12.6. The van der Waals surface area contributed by atoms with Crippen molar-refractivity contribution in [2.45, 2.75) is 13.0 Å². The van der Waals surface area contributed by atoms with E-state index in [1.54, 1.807) is 30.6 Å². The SMILES string of the molecule is COC(=O)c1ccc(O[C@@H](C)c2ccccc2Cl)c(-c2ncc[nH]2)c1. The van der Waals surface area contributed by atoms with Crippen LogP contribution >= 0.6 is 11.6 Å². The molecule has 0 saturated carbocycles. The Labute approximate surface area is 150 Å². The monoisotopic (exact) mass is 356 g/mol. The van der Waals surface area contributed by atoms with E-state index in [0.29, 0.717) is 27.7 Å². The third kappa shape index (κ3) is 3.67. The number of imidazole rings is 1. The van der Waals surface area contributed by atoms with Crippen molar-refractivity contribution in [3.8, 4) is 17.1 Å². The molecule has 25 heavy (non-hydrogen) atoms. The molecular formula is C19H17ClN2O3. The summed E-state index contributed by atoms with van der Waals surface area (Å²) in [6.45, 7) is 1.92. The summed E-state index contributed by atoms with van der Waals surface area (Å²) < 4.78 is 10.9. The fraction of sp³-hybridized carbons (Fsp3) is 0.158. The van der Waals surface area contributed by atoms with Crippen molar-refractivity contribution in [3.63, 3.8) is 0 Å². The minimum atomic E-state index is -0.418. The highest BCUT2D eigenvalue weighted by atomic mass is 35.5. The fourth-order valence-electron chi connectivity index (χ4n) is 2.53. The molecule has 1 aromatic heterocycles. The van der Waals surface area contributed by atoms with Crippen LogP contribution in [0.1, 0.15) is 28.9 Å². The second kappa shape index (κ2) is 7.40. The van der Waals surface area contributed by atoms with Crippen LogP contribution in [0.4, 0.5) is 0 Å². The lowest BCUT2D eigenvalue weighted by Crippen LogP contribution is -2.07. The zero-order chi connectivity index (χ0) is 17.8. The number of hydrogen-bond acceptors (Lipinski definition) is 4. The highest BCUT2D eigenvalue weighted by Gasteiger charge is 2.17. The first kappa shape index (κ1) is 17.0. The van der Waals surface area contributed by atoms with E-state index in [1.807, 2.05) is 31.2 Å². The van der Waals surface area contributed by atoms with Crippen molar-refractivity contribution in [1.29, 1.82) is 0 Å². The van der Waals surface area contributed by atoms with E-state index >= 15 is 0 Å². The number of rotatable bonds is 5. The Balaban J connectivity index is 1.98. The zero-order valence-corrected chi connectivity index (χ0v) is 14.6. The maximum absolute atomic E-state index is 11.8. The topological polar surface area (TPSA) is 64.2 Å². The van der Waals surface area contributed by atoms with Crippen LogP contribution in [0.15, 0.2) is 54.9 Å². The number of halogens is 1. The summed E-state index contributed by atoms with van der Waals surface area (Å²) in [7, 11) is 1.35. The number of carbonyl (C=O) groups excluding carboxylic acids is 1. The van der Waals surface area contributed by atoms with Crippen molar-refractivity contribution in [2.75, 3.05) is 7.11 Å². The normalized spacial score (nSPS) is 11.8. The molecule has 0 unspecified atom stereocenters. The van der Waals surface area contributed by atoms with Gasteiger partial charge in [0, 0.05) is 23.0 Å². The standard InChI is InChI=1S/C19H17ClN2O3/c1-12(14-5-3-4-6-16(14)20)25-17-8-7-13(19(23)24-2)11-15(17)18-21-9-10-22-18/h3-12H,1-2H3,(H,21,22)/t12-/m0/s1. The smallest absolute Gasteiger partial charge is 0.337 e. The number of aromatic amines is 1. The van der Waals surface area contributed by atoms with Gasteiger partial charge in [-0.05, 0) is 31.2 Å². The number of nitrogens with one attached hydrogen (secondary N) is 1. The van der Waals surface area contributed by atoms with Gasteiger partial charge in [-0.15, -0.1) is 0 Å². The van der Waals surface area contributed by atoms with Gasteiger partial charge in [0.05, 0.1) is 18.2 Å². The molecule has 0 fully saturated rings. The number of esters is 1. The van der Waals surface area contributed by atoms with Gasteiger partial charge in [-0.3, -0.25) is 0 Å². The molecule has 2 aromatic carbocycles. The van der Waals surface area contributed by atoms with Crippen molar-refractivity contribution in [1.82, 2.24) is 9.97 Å². The van der Waals surface area contributed by atoms with Crippen molar-refractivity contribution in [2.24, 2.45) is 0 Å². The van der Waals surface area contributed by atoms with Gasteiger partial charge in [0.15, 0.2) is 0 Å². The van der Waals surface area contributed by atoms with E-state index in [0.717, 1.165) is 5.56 Å².